The number of nitrogens with one attached hydrogen (secondary N) is 2. The number of carbonyl (C=O) groups excluding carboxylic acids is 2. The number of rotatable bonds is 7. The Bertz CT molecular complexity index is 800. The van der Waals surface area contributed by atoms with Gasteiger partial charge < -0.3 is 18.9 Å². The number of carbonyl (C=O) groups is 2. The molecule has 0 aliphatic carbocycles. The minimum Gasteiger partial charge on any atom is -0.497 e. The maximum atomic E-state index is 12.2. The fraction of sp³-hybridized carbons (Fsp3) is 0.263. The van der Waals surface area contributed by atoms with Crippen LogP contribution < -0.4 is 29.8 Å². The van der Waals surface area contributed by atoms with Gasteiger partial charge in [0, 0.05) is 11.6 Å². The summed E-state index contributed by atoms with van der Waals surface area (Å²) in [7, 11) is 6.03. The van der Waals surface area contributed by atoms with Crippen LogP contribution in [0.4, 0.5) is 0 Å². The summed E-state index contributed by atoms with van der Waals surface area (Å²) in [6, 6.07) is 9.88. The molecule has 0 unspecified atom stereocenters. The maximum absolute atomic E-state index is 12.2. The minimum atomic E-state index is -0.493. The van der Waals surface area contributed by atoms with Crippen LogP contribution in [-0.4, -0.2) is 40.3 Å². The van der Waals surface area contributed by atoms with Crippen molar-refractivity contribution < 1.29 is 28.5 Å². The topological polar surface area (TPSA) is 95.1 Å². The molecule has 0 heterocycles. The molecule has 0 saturated heterocycles. The van der Waals surface area contributed by atoms with E-state index in [0.717, 1.165) is 0 Å². The molecule has 2 amide bonds. The molecule has 0 spiro atoms. The molecule has 0 aliphatic rings. The van der Waals surface area contributed by atoms with Gasteiger partial charge in [-0.25, -0.2) is 0 Å². The van der Waals surface area contributed by atoms with E-state index in [1.165, 1.54) is 28.4 Å². The third-order valence-corrected chi connectivity index (χ3v) is 3.74. The van der Waals surface area contributed by atoms with Gasteiger partial charge in [-0.1, -0.05) is 6.07 Å². The Morgan fingerprint density at radius 3 is 1.96 bits per heavy atom. The summed E-state index contributed by atoms with van der Waals surface area (Å²) < 4.78 is 20.6. The number of ether oxygens (including phenoxy) is 4. The molecule has 8 nitrogen and oxygen atoms in total. The standard InChI is InChI=1S/C19H22N2O6/c1-24-14-9-13(10-15(11-14)25-2)19(23)21-20-18(22)8-12-5-6-16(26-3)17(7-12)27-4/h5-7,9-11H,8H2,1-4H3,(H,20,22)(H,21,23). The summed E-state index contributed by atoms with van der Waals surface area (Å²) in [5.41, 5.74) is 5.75. The first-order chi connectivity index (χ1) is 13.0. The van der Waals surface area contributed by atoms with Crippen molar-refractivity contribution in [2.24, 2.45) is 0 Å². The van der Waals surface area contributed by atoms with Crippen molar-refractivity contribution in [3.63, 3.8) is 0 Å². The Balaban J connectivity index is 1.98. The molecule has 2 N–H and O–H groups in total. The predicted octanol–water partition coefficient (Wildman–Crippen LogP) is 1.72. The highest BCUT2D eigenvalue weighted by atomic mass is 16.5. The number of benzene rings is 2. The van der Waals surface area contributed by atoms with E-state index in [-0.39, 0.29) is 17.9 Å². The van der Waals surface area contributed by atoms with E-state index in [1.54, 1.807) is 36.4 Å². The Hall–Kier alpha value is -3.42. The number of methoxy groups -OCH3 is 4. The Morgan fingerprint density at radius 1 is 0.778 bits per heavy atom. The molecule has 0 atom stereocenters. The zero-order valence-corrected chi connectivity index (χ0v) is 15.6. The zero-order valence-electron chi connectivity index (χ0n) is 15.6. The van der Waals surface area contributed by atoms with Gasteiger partial charge in [0.2, 0.25) is 5.91 Å². The van der Waals surface area contributed by atoms with Crippen molar-refractivity contribution in [1.82, 2.24) is 10.9 Å². The quantitative estimate of drug-likeness (QED) is 0.717. The number of amides is 2. The molecule has 2 rings (SSSR count). The molecule has 0 fully saturated rings. The second kappa shape index (κ2) is 9.33. The Morgan fingerprint density at radius 2 is 1.41 bits per heavy atom. The third kappa shape index (κ3) is 5.27. The summed E-state index contributed by atoms with van der Waals surface area (Å²) in [6.45, 7) is 0. The van der Waals surface area contributed by atoms with E-state index in [0.29, 0.717) is 28.6 Å². The lowest BCUT2D eigenvalue weighted by atomic mass is 10.1. The van der Waals surface area contributed by atoms with E-state index < -0.39 is 5.91 Å². The normalized spacial score (nSPS) is 9.93. The summed E-state index contributed by atoms with van der Waals surface area (Å²) in [5.74, 6) is 1.16. The maximum Gasteiger partial charge on any atom is 0.269 e. The second-order valence-electron chi connectivity index (χ2n) is 5.47. The van der Waals surface area contributed by atoms with Gasteiger partial charge >= 0.3 is 0 Å². The van der Waals surface area contributed by atoms with Crippen LogP contribution >= 0.6 is 0 Å². The van der Waals surface area contributed by atoms with Gasteiger partial charge in [-0.15, -0.1) is 0 Å². The lowest BCUT2D eigenvalue weighted by Crippen LogP contribution is -2.42. The summed E-state index contributed by atoms with van der Waals surface area (Å²) in [4.78, 5) is 24.3. The average molecular weight is 374 g/mol. The van der Waals surface area contributed by atoms with Crippen molar-refractivity contribution >= 4 is 11.8 Å². The van der Waals surface area contributed by atoms with Crippen LogP contribution in [0.2, 0.25) is 0 Å². The fourth-order valence-electron chi connectivity index (χ4n) is 2.36. The largest absolute Gasteiger partial charge is 0.497 e. The highest BCUT2D eigenvalue weighted by Gasteiger charge is 2.12. The lowest BCUT2D eigenvalue weighted by Gasteiger charge is -2.11. The number of hydrogen-bond acceptors (Lipinski definition) is 6. The summed E-state index contributed by atoms with van der Waals surface area (Å²) >= 11 is 0. The lowest BCUT2D eigenvalue weighted by molar-refractivity contribution is -0.121. The third-order valence-electron chi connectivity index (χ3n) is 3.74. The SMILES string of the molecule is COc1cc(OC)cc(C(=O)NNC(=O)Cc2ccc(OC)c(OC)c2)c1. The summed E-state index contributed by atoms with van der Waals surface area (Å²) in [5, 5.41) is 0. The van der Waals surface area contributed by atoms with Crippen molar-refractivity contribution in [2.45, 2.75) is 6.42 Å². The molecule has 27 heavy (non-hydrogen) atoms. The fourth-order valence-corrected chi connectivity index (χ4v) is 2.36. The van der Waals surface area contributed by atoms with E-state index in [2.05, 4.69) is 10.9 Å². The second-order valence-corrected chi connectivity index (χ2v) is 5.47. The molecular weight excluding hydrogens is 352 g/mol. The van der Waals surface area contributed by atoms with Crippen molar-refractivity contribution in [1.29, 1.82) is 0 Å². The zero-order chi connectivity index (χ0) is 19.8. The van der Waals surface area contributed by atoms with Gasteiger partial charge in [-0.3, -0.25) is 20.4 Å². The molecule has 144 valence electrons. The Kier molecular flexibility index (Phi) is 6.87. The van der Waals surface area contributed by atoms with Crippen LogP contribution in [0.3, 0.4) is 0 Å². The highest BCUT2D eigenvalue weighted by molar-refractivity contribution is 5.96. The van der Waals surface area contributed by atoms with Gasteiger partial charge in [0.1, 0.15) is 11.5 Å². The molecule has 0 saturated carbocycles. The Labute approximate surface area is 157 Å². The molecule has 2 aromatic rings. The van der Waals surface area contributed by atoms with Gasteiger partial charge in [0.05, 0.1) is 34.9 Å². The summed E-state index contributed by atoms with van der Waals surface area (Å²) in [6.07, 6.45) is 0.0576. The molecule has 0 aliphatic heterocycles. The van der Waals surface area contributed by atoms with Crippen LogP contribution in [0, 0.1) is 0 Å². The molecule has 0 aromatic heterocycles. The van der Waals surface area contributed by atoms with Crippen molar-refractivity contribution in [2.75, 3.05) is 28.4 Å². The smallest absolute Gasteiger partial charge is 0.269 e. The minimum absolute atomic E-state index is 0.0576. The van der Waals surface area contributed by atoms with Crippen LogP contribution in [-0.2, 0) is 11.2 Å². The van der Waals surface area contributed by atoms with Crippen LogP contribution in [0.5, 0.6) is 23.0 Å². The molecule has 0 radical (unpaired) electrons. The number of hydrogen-bond donors (Lipinski definition) is 2. The monoisotopic (exact) mass is 374 g/mol. The van der Waals surface area contributed by atoms with E-state index in [1.807, 2.05) is 0 Å². The highest BCUT2D eigenvalue weighted by Crippen LogP contribution is 2.27. The predicted molar refractivity (Wildman–Crippen MR) is 98.4 cm³/mol. The van der Waals surface area contributed by atoms with Gasteiger partial charge in [0.15, 0.2) is 11.5 Å². The first-order valence-corrected chi connectivity index (χ1v) is 8.03. The first kappa shape index (κ1) is 19.9. The average Bonchev–Trinajstić information content (AvgIpc) is 2.71. The molecule has 2 aromatic carbocycles. The van der Waals surface area contributed by atoms with E-state index in [4.69, 9.17) is 18.9 Å². The molecule has 0 bridgehead atoms. The molecular formula is C19H22N2O6. The van der Waals surface area contributed by atoms with Crippen LogP contribution in [0.1, 0.15) is 15.9 Å². The van der Waals surface area contributed by atoms with Crippen LogP contribution in [0.25, 0.3) is 0 Å². The van der Waals surface area contributed by atoms with Crippen molar-refractivity contribution in [3.05, 3.63) is 47.5 Å². The van der Waals surface area contributed by atoms with E-state index >= 15 is 0 Å². The van der Waals surface area contributed by atoms with Gasteiger partial charge in [0.25, 0.3) is 5.91 Å². The van der Waals surface area contributed by atoms with Crippen molar-refractivity contribution in [3.8, 4) is 23.0 Å². The van der Waals surface area contributed by atoms with Gasteiger partial charge in [-0.05, 0) is 29.8 Å². The van der Waals surface area contributed by atoms with E-state index in [9.17, 15) is 9.59 Å². The number of hydrazine groups is 1. The molecule has 8 heteroatoms. The van der Waals surface area contributed by atoms with Crippen LogP contribution in [0.15, 0.2) is 36.4 Å². The first-order valence-electron chi connectivity index (χ1n) is 8.03. The van der Waals surface area contributed by atoms with Gasteiger partial charge in [-0.2, -0.15) is 0 Å².